The first-order valence-electron chi connectivity index (χ1n) is 9.00. The standard InChI is InChI=1S/C23H20F3NO2/c1-16(27-15-17-9-8-14-20(21(17)28)23(24,25)26)22(29,18-10-4-2-5-11-18)19-12-6-3-7-13-19/h2-16,28-29H,1H3. The minimum Gasteiger partial charge on any atom is -0.507 e. The molecule has 0 aliphatic heterocycles. The molecule has 0 heterocycles. The van der Waals surface area contributed by atoms with Gasteiger partial charge in [-0.2, -0.15) is 13.2 Å². The van der Waals surface area contributed by atoms with Crippen LogP contribution < -0.4 is 0 Å². The van der Waals surface area contributed by atoms with Crippen LogP contribution in [0.15, 0.2) is 83.9 Å². The number of halogens is 3. The zero-order chi connectivity index (χ0) is 21.1. The van der Waals surface area contributed by atoms with Gasteiger partial charge in [0.2, 0.25) is 0 Å². The Balaban J connectivity index is 2.02. The molecule has 6 heteroatoms. The number of aliphatic imine (C=N–C) groups is 1. The van der Waals surface area contributed by atoms with Crippen molar-refractivity contribution in [2.75, 3.05) is 0 Å². The van der Waals surface area contributed by atoms with E-state index < -0.39 is 29.1 Å². The fourth-order valence-electron chi connectivity index (χ4n) is 3.23. The van der Waals surface area contributed by atoms with Gasteiger partial charge in [0, 0.05) is 11.8 Å². The van der Waals surface area contributed by atoms with Crippen LogP contribution in [0.5, 0.6) is 5.75 Å². The van der Waals surface area contributed by atoms with Crippen LogP contribution in [0.1, 0.15) is 29.2 Å². The Morgan fingerprint density at radius 3 is 1.83 bits per heavy atom. The highest BCUT2D eigenvalue weighted by atomic mass is 19.4. The molecule has 0 saturated heterocycles. The van der Waals surface area contributed by atoms with Crippen molar-refractivity contribution in [3.8, 4) is 5.75 Å². The highest BCUT2D eigenvalue weighted by Crippen LogP contribution is 2.38. The van der Waals surface area contributed by atoms with Crippen LogP contribution in [0.4, 0.5) is 13.2 Å². The molecular weight excluding hydrogens is 379 g/mol. The second-order valence-corrected chi connectivity index (χ2v) is 6.69. The first kappa shape index (κ1) is 20.6. The van der Waals surface area contributed by atoms with Crippen LogP contribution in [0, 0.1) is 0 Å². The molecule has 3 aromatic carbocycles. The molecule has 0 aliphatic rings. The van der Waals surface area contributed by atoms with E-state index in [1.54, 1.807) is 55.5 Å². The number of hydrogen-bond acceptors (Lipinski definition) is 3. The molecule has 0 fully saturated rings. The van der Waals surface area contributed by atoms with Gasteiger partial charge in [-0.15, -0.1) is 0 Å². The number of alkyl halides is 3. The van der Waals surface area contributed by atoms with Crippen LogP contribution in [0.25, 0.3) is 0 Å². The lowest BCUT2D eigenvalue weighted by Gasteiger charge is -2.33. The normalized spacial score (nSPS) is 13.6. The minimum absolute atomic E-state index is 0.0739. The lowest BCUT2D eigenvalue weighted by Crippen LogP contribution is -2.38. The van der Waals surface area contributed by atoms with E-state index in [1.165, 1.54) is 12.1 Å². The number of aromatic hydroxyl groups is 1. The first-order chi connectivity index (χ1) is 13.7. The molecule has 0 radical (unpaired) electrons. The molecular formula is C23H20F3NO2. The Labute approximate surface area is 166 Å². The predicted molar refractivity (Wildman–Crippen MR) is 106 cm³/mol. The molecule has 3 aromatic rings. The summed E-state index contributed by atoms with van der Waals surface area (Å²) in [4.78, 5) is 4.30. The summed E-state index contributed by atoms with van der Waals surface area (Å²) in [6.07, 6.45) is -3.51. The summed E-state index contributed by atoms with van der Waals surface area (Å²) in [6, 6.07) is 20.5. The summed E-state index contributed by atoms with van der Waals surface area (Å²) in [6.45, 7) is 1.67. The number of nitrogens with zero attached hydrogens (tertiary/aromatic N) is 1. The number of rotatable bonds is 5. The Hall–Kier alpha value is -3.12. The quantitative estimate of drug-likeness (QED) is 0.583. The van der Waals surface area contributed by atoms with Gasteiger partial charge in [0.1, 0.15) is 11.4 Å². The van der Waals surface area contributed by atoms with Gasteiger partial charge in [-0.25, -0.2) is 0 Å². The molecule has 0 spiro atoms. The third-order valence-electron chi connectivity index (χ3n) is 4.84. The molecule has 29 heavy (non-hydrogen) atoms. The van der Waals surface area contributed by atoms with Crippen molar-refractivity contribution < 1.29 is 23.4 Å². The zero-order valence-corrected chi connectivity index (χ0v) is 15.6. The average Bonchev–Trinajstić information content (AvgIpc) is 2.72. The van der Waals surface area contributed by atoms with Crippen molar-refractivity contribution in [3.05, 3.63) is 101 Å². The molecule has 2 N–H and O–H groups in total. The molecule has 0 bridgehead atoms. The summed E-state index contributed by atoms with van der Waals surface area (Å²) < 4.78 is 39.0. The highest BCUT2D eigenvalue weighted by Gasteiger charge is 2.38. The van der Waals surface area contributed by atoms with Gasteiger partial charge in [-0.1, -0.05) is 66.7 Å². The predicted octanol–water partition coefficient (Wildman–Crippen LogP) is 5.15. The van der Waals surface area contributed by atoms with Crippen molar-refractivity contribution in [1.82, 2.24) is 0 Å². The Bertz CT molecular complexity index is 947. The summed E-state index contributed by atoms with van der Waals surface area (Å²) in [5.74, 6) is -0.890. The molecule has 3 nitrogen and oxygen atoms in total. The maximum Gasteiger partial charge on any atom is 0.419 e. The van der Waals surface area contributed by atoms with Crippen LogP contribution in [0.3, 0.4) is 0 Å². The van der Waals surface area contributed by atoms with E-state index in [0.29, 0.717) is 11.1 Å². The third kappa shape index (κ3) is 4.17. The summed E-state index contributed by atoms with van der Waals surface area (Å²) >= 11 is 0. The van der Waals surface area contributed by atoms with E-state index in [9.17, 15) is 23.4 Å². The van der Waals surface area contributed by atoms with Crippen molar-refractivity contribution in [1.29, 1.82) is 0 Å². The van der Waals surface area contributed by atoms with Gasteiger partial charge < -0.3 is 10.2 Å². The minimum atomic E-state index is -4.67. The van der Waals surface area contributed by atoms with Crippen molar-refractivity contribution in [3.63, 3.8) is 0 Å². The smallest absolute Gasteiger partial charge is 0.419 e. The molecule has 0 aromatic heterocycles. The molecule has 1 unspecified atom stereocenters. The highest BCUT2D eigenvalue weighted by molar-refractivity contribution is 5.84. The number of hydrogen-bond donors (Lipinski definition) is 2. The number of phenols is 1. The van der Waals surface area contributed by atoms with E-state index >= 15 is 0 Å². The third-order valence-corrected chi connectivity index (χ3v) is 4.84. The van der Waals surface area contributed by atoms with Crippen molar-refractivity contribution >= 4 is 6.21 Å². The Kier molecular flexibility index (Phi) is 5.75. The Morgan fingerprint density at radius 2 is 1.34 bits per heavy atom. The van der Waals surface area contributed by atoms with Crippen LogP contribution >= 0.6 is 0 Å². The largest absolute Gasteiger partial charge is 0.507 e. The van der Waals surface area contributed by atoms with E-state index in [1.807, 2.05) is 12.1 Å². The fourth-order valence-corrected chi connectivity index (χ4v) is 3.23. The van der Waals surface area contributed by atoms with Gasteiger partial charge in [0.05, 0.1) is 11.6 Å². The van der Waals surface area contributed by atoms with Crippen LogP contribution in [0.2, 0.25) is 0 Å². The maximum absolute atomic E-state index is 13.0. The molecule has 150 valence electrons. The molecule has 0 amide bonds. The molecule has 3 rings (SSSR count). The number of benzene rings is 3. The van der Waals surface area contributed by atoms with Gasteiger partial charge in [0.15, 0.2) is 0 Å². The van der Waals surface area contributed by atoms with E-state index in [0.717, 1.165) is 12.3 Å². The van der Waals surface area contributed by atoms with E-state index in [2.05, 4.69) is 4.99 Å². The SMILES string of the molecule is CC(N=Cc1cccc(C(F)(F)F)c1O)C(O)(c1ccccc1)c1ccccc1. The van der Waals surface area contributed by atoms with Gasteiger partial charge in [-0.3, -0.25) is 4.99 Å². The summed E-state index contributed by atoms with van der Waals surface area (Å²) in [5, 5.41) is 21.6. The monoisotopic (exact) mass is 399 g/mol. The molecule has 0 saturated carbocycles. The number of aliphatic hydroxyl groups is 1. The topological polar surface area (TPSA) is 52.8 Å². The van der Waals surface area contributed by atoms with Gasteiger partial charge in [-0.05, 0) is 30.2 Å². The second-order valence-electron chi connectivity index (χ2n) is 6.69. The Morgan fingerprint density at radius 1 is 0.828 bits per heavy atom. The number of para-hydroxylation sites is 1. The lowest BCUT2D eigenvalue weighted by molar-refractivity contribution is -0.138. The van der Waals surface area contributed by atoms with Crippen molar-refractivity contribution in [2.45, 2.75) is 24.7 Å². The number of phenolic OH excluding ortho intramolecular Hbond substituents is 1. The van der Waals surface area contributed by atoms with Gasteiger partial charge >= 0.3 is 6.18 Å². The van der Waals surface area contributed by atoms with Crippen LogP contribution in [-0.2, 0) is 11.8 Å². The molecule has 0 aliphatic carbocycles. The second kappa shape index (κ2) is 8.09. The van der Waals surface area contributed by atoms with Crippen molar-refractivity contribution in [2.24, 2.45) is 4.99 Å². The summed E-state index contributed by atoms with van der Waals surface area (Å²) in [5.41, 5.74) is -1.50. The maximum atomic E-state index is 13.0. The van der Waals surface area contributed by atoms with Gasteiger partial charge in [0.25, 0.3) is 0 Å². The average molecular weight is 399 g/mol. The zero-order valence-electron chi connectivity index (χ0n) is 15.6. The first-order valence-corrected chi connectivity index (χ1v) is 9.00. The van der Waals surface area contributed by atoms with E-state index in [-0.39, 0.29) is 5.56 Å². The lowest BCUT2D eigenvalue weighted by atomic mass is 9.81. The summed E-state index contributed by atoms with van der Waals surface area (Å²) in [7, 11) is 0. The van der Waals surface area contributed by atoms with Crippen LogP contribution in [-0.4, -0.2) is 22.5 Å². The van der Waals surface area contributed by atoms with E-state index in [4.69, 9.17) is 0 Å². The molecule has 1 atom stereocenters. The fraction of sp³-hybridized carbons (Fsp3) is 0.174.